The molecule has 0 aliphatic heterocycles. The molecule has 1 aromatic rings. The summed E-state index contributed by atoms with van der Waals surface area (Å²) >= 11 is 0. The zero-order valence-electron chi connectivity index (χ0n) is 11.9. The van der Waals surface area contributed by atoms with E-state index < -0.39 is 0 Å². The van der Waals surface area contributed by atoms with Crippen LogP contribution in [0.3, 0.4) is 0 Å². The summed E-state index contributed by atoms with van der Waals surface area (Å²) < 4.78 is 5.42. The van der Waals surface area contributed by atoms with Crippen molar-refractivity contribution >= 4 is 11.9 Å². The number of ether oxygens (including phenoxy) is 1. The maximum atomic E-state index is 8.75. The molecule has 7 heteroatoms. The minimum absolute atomic E-state index is 0.0913. The Bertz CT molecular complexity index is 371. The van der Waals surface area contributed by atoms with Gasteiger partial charge in [-0.3, -0.25) is 0 Å². The molecule has 1 rings (SSSR count). The molecular formula is C12H23N5O2. The normalized spacial score (nSPS) is 10.3. The Kier molecular flexibility index (Phi) is 6.88. The first-order valence-electron chi connectivity index (χ1n) is 6.73. The van der Waals surface area contributed by atoms with Gasteiger partial charge in [0.2, 0.25) is 11.9 Å². The summed E-state index contributed by atoms with van der Waals surface area (Å²) in [5.74, 6) is 1.12. The summed E-state index contributed by atoms with van der Waals surface area (Å²) in [6.45, 7) is 8.94. The lowest BCUT2D eigenvalue weighted by Crippen LogP contribution is -2.25. The van der Waals surface area contributed by atoms with Crippen molar-refractivity contribution in [2.75, 3.05) is 43.1 Å². The minimum Gasteiger partial charge on any atom is -0.463 e. The molecule has 0 unspecified atom stereocenters. The second-order valence-electron chi connectivity index (χ2n) is 3.87. The highest BCUT2D eigenvalue weighted by Gasteiger charge is 2.11. The van der Waals surface area contributed by atoms with Gasteiger partial charge in [-0.1, -0.05) is 0 Å². The van der Waals surface area contributed by atoms with E-state index in [9.17, 15) is 0 Å². The molecule has 0 radical (unpaired) electrons. The molecular weight excluding hydrogens is 246 g/mol. The maximum Gasteiger partial charge on any atom is 0.323 e. The Hall–Kier alpha value is -1.63. The summed E-state index contributed by atoms with van der Waals surface area (Å²) in [5, 5.41) is 11.8. The van der Waals surface area contributed by atoms with E-state index in [2.05, 4.69) is 20.3 Å². The standard InChI is InChI=1S/C12H23N5O2/c1-4-13-10-14-11(17(5-2)6-3)16-12(15-10)19-9-7-8-18/h18H,4-9H2,1-3H3,(H,13,14,15,16). The van der Waals surface area contributed by atoms with E-state index in [4.69, 9.17) is 9.84 Å². The van der Waals surface area contributed by atoms with E-state index in [0.29, 0.717) is 30.9 Å². The summed E-state index contributed by atoms with van der Waals surface area (Å²) in [7, 11) is 0. The van der Waals surface area contributed by atoms with E-state index in [-0.39, 0.29) is 6.61 Å². The first-order chi connectivity index (χ1) is 9.24. The first-order valence-corrected chi connectivity index (χ1v) is 6.73. The van der Waals surface area contributed by atoms with Crippen LogP contribution < -0.4 is 15.0 Å². The summed E-state index contributed by atoms with van der Waals surface area (Å²) in [4.78, 5) is 14.9. The van der Waals surface area contributed by atoms with E-state index >= 15 is 0 Å². The Morgan fingerprint density at radius 1 is 1.16 bits per heavy atom. The molecule has 0 fully saturated rings. The van der Waals surface area contributed by atoms with Gasteiger partial charge in [0, 0.05) is 32.7 Å². The number of hydrogen-bond donors (Lipinski definition) is 2. The van der Waals surface area contributed by atoms with Gasteiger partial charge in [0.25, 0.3) is 0 Å². The van der Waals surface area contributed by atoms with E-state index in [0.717, 1.165) is 19.6 Å². The molecule has 1 aromatic heterocycles. The maximum absolute atomic E-state index is 8.75. The largest absolute Gasteiger partial charge is 0.463 e. The van der Waals surface area contributed by atoms with Crippen molar-refractivity contribution in [3.05, 3.63) is 0 Å². The zero-order chi connectivity index (χ0) is 14.1. The van der Waals surface area contributed by atoms with E-state index in [1.807, 2.05) is 25.7 Å². The SMILES string of the molecule is CCNc1nc(OCCCO)nc(N(CC)CC)n1. The molecule has 0 bridgehead atoms. The molecule has 7 nitrogen and oxygen atoms in total. The number of anilines is 2. The average molecular weight is 269 g/mol. The molecule has 0 saturated carbocycles. The van der Waals surface area contributed by atoms with Gasteiger partial charge >= 0.3 is 6.01 Å². The number of aliphatic hydroxyl groups excluding tert-OH is 1. The monoisotopic (exact) mass is 269 g/mol. The van der Waals surface area contributed by atoms with Crippen LogP contribution in [0.4, 0.5) is 11.9 Å². The van der Waals surface area contributed by atoms with Crippen molar-refractivity contribution in [1.82, 2.24) is 15.0 Å². The van der Waals surface area contributed by atoms with Crippen molar-refractivity contribution in [2.45, 2.75) is 27.2 Å². The van der Waals surface area contributed by atoms with Gasteiger partial charge in [-0.2, -0.15) is 15.0 Å². The predicted molar refractivity (Wildman–Crippen MR) is 74.7 cm³/mol. The highest BCUT2D eigenvalue weighted by atomic mass is 16.5. The molecule has 1 heterocycles. The number of hydrogen-bond acceptors (Lipinski definition) is 7. The van der Waals surface area contributed by atoms with Crippen LogP contribution in [0.25, 0.3) is 0 Å². The Balaban J connectivity index is 2.89. The third-order valence-corrected chi connectivity index (χ3v) is 2.52. The highest BCUT2D eigenvalue weighted by molar-refractivity contribution is 5.38. The van der Waals surface area contributed by atoms with Crippen LogP contribution in [0.2, 0.25) is 0 Å². The van der Waals surface area contributed by atoms with Crippen molar-refractivity contribution < 1.29 is 9.84 Å². The van der Waals surface area contributed by atoms with E-state index in [1.54, 1.807) is 0 Å². The molecule has 0 aliphatic rings. The summed E-state index contributed by atoms with van der Waals surface area (Å²) in [6.07, 6.45) is 0.558. The van der Waals surface area contributed by atoms with Crippen LogP contribution in [0.1, 0.15) is 27.2 Å². The van der Waals surface area contributed by atoms with Gasteiger partial charge in [-0.05, 0) is 20.8 Å². The fourth-order valence-corrected chi connectivity index (χ4v) is 1.52. The molecule has 0 atom stereocenters. The van der Waals surface area contributed by atoms with Crippen LogP contribution in [0, 0.1) is 0 Å². The second-order valence-corrected chi connectivity index (χ2v) is 3.87. The zero-order valence-corrected chi connectivity index (χ0v) is 11.9. The average Bonchev–Trinajstić information content (AvgIpc) is 2.41. The lowest BCUT2D eigenvalue weighted by Gasteiger charge is -2.19. The van der Waals surface area contributed by atoms with Crippen LogP contribution in [0.5, 0.6) is 6.01 Å². The van der Waals surface area contributed by atoms with Crippen molar-refractivity contribution in [1.29, 1.82) is 0 Å². The van der Waals surface area contributed by atoms with Gasteiger partial charge < -0.3 is 20.1 Å². The molecule has 19 heavy (non-hydrogen) atoms. The summed E-state index contributed by atoms with van der Waals surface area (Å²) in [6, 6.07) is 0.293. The molecule has 0 amide bonds. The van der Waals surface area contributed by atoms with Gasteiger partial charge in [-0.25, -0.2) is 0 Å². The smallest absolute Gasteiger partial charge is 0.323 e. The van der Waals surface area contributed by atoms with Crippen LogP contribution in [-0.2, 0) is 0 Å². The minimum atomic E-state index is 0.0913. The lowest BCUT2D eigenvalue weighted by atomic mass is 10.5. The van der Waals surface area contributed by atoms with Crippen LogP contribution in [0.15, 0.2) is 0 Å². The fraction of sp³-hybridized carbons (Fsp3) is 0.750. The molecule has 108 valence electrons. The number of rotatable bonds is 9. The van der Waals surface area contributed by atoms with Gasteiger partial charge in [0.05, 0.1) is 6.61 Å². The Labute approximate surface area is 114 Å². The number of nitrogens with one attached hydrogen (secondary N) is 1. The van der Waals surface area contributed by atoms with Gasteiger partial charge in [0.15, 0.2) is 0 Å². The van der Waals surface area contributed by atoms with Crippen LogP contribution >= 0.6 is 0 Å². The molecule has 0 aromatic carbocycles. The number of nitrogens with zero attached hydrogens (tertiary/aromatic N) is 4. The molecule has 0 spiro atoms. The molecule has 2 N–H and O–H groups in total. The predicted octanol–water partition coefficient (Wildman–Crippen LogP) is 0.911. The molecule has 0 aliphatic carbocycles. The molecule has 0 saturated heterocycles. The van der Waals surface area contributed by atoms with Crippen molar-refractivity contribution in [2.24, 2.45) is 0 Å². The Morgan fingerprint density at radius 3 is 2.47 bits per heavy atom. The number of aromatic nitrogens is 3. The topological polar surface area (TPSA) is 83.4 Å². The quantitative estimate of drug-likeness (QED) is 0.645. The highest BCUT2D eigenvalue weighted by Crippen LogP contribution is 2.14. The van der Waals surface area contributed by atoms with Gasteiger partial charge in [0.1, 0.15) is 0 Å². The first kappa shape index (κ1) is 15.4. The van der Waals surface area contributed by atoms with Gasteiger partial charge in [-0.15, -0.1) is 0 Å². The Morgan fingerprint density at radius 2 is 1.89 bits per heavy atom. The van der Waals surface area contributed by atoms with E-state index in [1.165, 1.54) is 0 Å². The lowest BCUT2D eigenvalue weighted by molar-refractivity contribution is 0.224. The third-order valence-electron chi connectivity index (χ3n) is 2.52. The van der Waals surface area contributed by atoms with Crippen molar-refractivity contribution in [3.8, 4) is 6.01 Å². The van der Waals surface area contributed by atoms with Crippen molar-refractivity contribution in [3.63, 3.8) is 0 Å². The third kappa shape index (κ3) is 4.86. The summed E-state index contributed by atoms with van der Waals surface area (Å²) in [5.41, 5.74) is 0. The number of aliphatic hydroxyl groups is 1. The second kappa shape index (κ2) is 8.47. The van der Waals surface area contributed by atoms with Crippen LogP contribution in [-0.4, -0.2) is 52.9 Å². The fourth-order valence-electron chi connectivity index (χ4n) is 1.52.